The molecular weight excluding hydrogens is 842 g/mol. The van der Waals surface area contributed by atoms with Crippen LogP contribution in [0.2, 0.25) is 5.15 Å². The van der Waals surface area contributed by atoms with E-state index in [0.29, 0.717) is 37.2 Å². The van der Waals surface area contributed by atoms with Crippen molar-refractivity contribution in [3.8, 4) is 11.8 Å². The number of pyridine rings is 1. The third kappa shape index (κ3) is 12.2. The van der Waals surface area contributed by atoms with Gasteiger partial charge in [0.2, 0.25) is 5.91 Å². The molecule has 58 heavy (non-hydrogen) atoms. The molecule has 0 fully saturated rings. The molecule has 4 rings (SSSR count). The molecule has 310 valence electrons. The molecule has 0 radical (unpaired) electrons. The number of halogens is 1. The first-order chi connectivity index (χ1) is 27.1. The highest BCUT2D eigenvalue weighted by molar-refractivity contribution is 7.94. The van der Waals surface area contributed by atoms with Gasteiger partial charge in [0, 0.05) is 47.6 Å². The van der Waals surface area contributed by atoms with Gasteiger partial charge in [-0.3, -0.25) is 18.7 Å². The zero-order chi connectivity index (χ0) is 43.0. The van der Waals surface area contributed by atoms with E-state index in [-0.39, 0.29) is 67.6 Å². The highest BCUT2D eigenvalue weighted by Crippen LogP contribution is 2.38. The van der Waals surface area contributed by atoms with Crippen molar-refractivity contribution in [1.82, 2.24) is 14.8 Å². The van der Waals surface area contributed by atoms with Crippen LogP contribution in [-0.2, 0) is 39.8 Å². The molecule has 0 saturated carbocycles. The number of aromatic nitrogens is 3. The molecule has 2 aromatic carbocycles. The van der Waals surface area contributed by atoms with E-state index >= 15 is 0 Å². The smallest absolute Gasteiger partial charge is 0.294 e. The van der Waals surface area contributed by atoms with E-state index in [1.807, 2.05) is 32.6 Å². The van der Waals surface area contributed by atoms with E-state index in [1.54, 1.807) is 18.2 Å². The lowest BCUT2D eigenvalue weighted by atomic mass is 9.90. The van der Waals surface area contributed by atoms with E-state index in [9.17, 15) is 36.2 Å². The van der Waals surface area contributed by atoms with Crippen LogP contribution in [0.15, 0.2) is 68.7 Å². The zero-order valence-corrected chi connectivity index (χ0v) is 34.7. The first-order valence-electron chi connectivity index (χ1n) is 17.0. The Morgan fingerprint density at radius 3 is 2.38 bits per heavy atom. The standard InChI is InChI=1S/C34H38ClN9O11S3/c1-6-43(11-7-8-12-57(48,49)50)22-9-10-26(27(15-22)38-20(2)45)40-41-32-25(18-36)31(34(3,4)5)42-44(32)29-17-30(35)37-19-28(29)39-33(46)21-13-23(56-55-54-47)16-24(14-21)58(51,52)53/h9-10,13-17,19,47H,6-8,11-12H2,1-5H3,(H,38,45)(H,39,46)(H,48,49,50)(H,51,52,53). The van der Waals surface area contributed by atoms with Crippen LogP contribution in [0.25, 0.3) is 5.69 Å². The van der Waals surface area contributed by atoms with Gasteiger partial charge in [-0.1, -0.05) is 37.4 Å². The maximum absolute atomic E-state index is 13.6. The third-order valence-electron chi connectivity index (χ3n) is 7.98. The number of hydrogen-bond acceptors (Lipinski definition) is 16. The van der Waals surface area contributed by atoms with Gasteiger partial charge in [-0.05, 0) is 56.2 Å². The second kappa shape index (κ2) is 19.1. The van der Waals surface area contributed by atoms with Gasteiger partial charge in [0.15, 0.2) is 5.82 Å². The van der Waals surface area contributed by atoms with Crippen LogP contribution in [0.4, 0.5) is 28.6 Å². The molecule has 0 spiro atoms. The lowest BCUT2D eigenvalue weighted by Crippen LogP contribution is -2.24. The quantitative estimate of drug-likeness (QED) is 0.0137. The minimum atomic E-state index is -4.82. The number of rotatable bonds is 17. The Balaban J connectivity index is 1.82. The van der Waals surface area contributed by atoms with E-state index in [1.165, 1.54) is 29.9 Å². The fourth-order valence-corrected chi connectivity index (χ4v) is 7.20. The van der Waals surface area contributed by atoms with E-state index in [2.05, 4.69) is 46.4 Å². The number of carbonyl (C=O) groups is 2. The predicted molar refractivity (Wildman–Crippen MR) is 213 cm³/mol. The molecule has 5 N–H and O–H groups in total. The minimum absolute atomic E-state index is 0.00910. The number of benzene rings is 2. The van der Waals surface area contributed by atoms with Crippen LogP contribution in [0.5, 0.6) is 0 Å². The monoisotopic (exact) mass is 879 g/mol. The second-order valence-corrected chi connectivity index (χ2v) is 17.5. The fourth-order valence-electron chi connectivity index (χ4n) is 5.39. The SMILES string of the molecule is CCN(CCCCS(=O)(=O)O)c1ccc(N=Nc2c(C#N)c(C(C)(C)C)nn2-c2cc(Cl)ncc2NC(=O)c2cc(SOOO)cc(S(=O)(=O)O)c2)c(NC(C)=O)c1. The summed E-state index contributed by atoms with van der Waals surface area (Å²) in [4.78, 5) is 31.2. The van der Waals surface area contributed by atoms with Crippen molar-refractivity contribution in [2.75, 3.05) is 34.4 Å². The number of amides is 2. The van der Waals surface area contributed by atoms with Crippen LogP contribution < -0.4 is 15.5 Å². The molecule has 0 atom stereocenters. The lowest BCUT2D eigenvalue weighted by molar-refractivity contribution is -0.432. The maximum Gasteiger partial charge on any atom is 0.294 e. The van der Waals surface area contributed by atoms with Crippen LogP contribution in [0, 0.1) is 11.3 Å². The van der Waals surface area contributed by atoms with E-state index in [0.717, 1.165) is 12.1 Å². The highest BCUT2D eigenvalue weighted by Gasteiger charge is 2.29. The fraction of sp³-hybridized carbons (Fsp3) is 0.324. The average Bonchev–Trinajstić information content (AvgIpc) is 3.52. The van der Waals surface area contributed by atoms with Crippen molar-refractivity contribution in [2.45, 2.75) is 62.7 Å². The normalized spacial score (nSPS) is 12.1. The molecule has 0 aliphatic rings. The second-order valence-electron chi connectivity index (χ2n) is 13.3. The molecular formula is C34H38ClN9O11S3. The van der Waals surface area contributed by atoms with Crippen molar-refractivity contribution in [1.29, 1.82) is 5.26 Å². The summed E-state index contributed by atoms with van der Waals surface area (Å²) < 4.78 is 70.6. The van der Waals surface area contributed by atoms with Crippen molar-refractivity contribution in [3.05, 3.63) is 70.6 Å². The summed E-state index contributed by atoms with van der Waals surface area (Å²) in [6, 6.07) is 11.4. The Morgan fingerprint density at radius 2 is 1.78 bits per heavy atom. The molecule has 2 amide bonds. The van der Waals surface area contributed by atoms with Crippen LogP contribution in [-0.4, -0.2) is 76.6 Å². The summed E-state index contributed by atoms with van der Waals surface area (Å²) in [6.45, 7) is 9.59. The number of nitrogens with zero attached hydrogens (tertiary/aromatic N) is 7. The van der Waals surface area contributed by atoms with Gasteiger partial charge in [-0.25, -0.2) is 14.9 Å². The average molecular weight is 880 g/mol. The van der Waals surface area contributed by atoms with Gasteiger partial charge in [-0.2, -0.15) is 27.2 Å². The van der Waals surface area contributed by atoms with Gasteiger partial charge < -0.3 is 15.5 Å². The Hall–Kier alpha value is -5.03. The van der Waals surface area contributed by atoms with Crippen LogP contribution in [0.3, 0.4) is 0 Å². The largest absolute Gasteiger partial charge is 0.372 e. The van der Waals surface area contributed by atoms with Gasteiger partial charge in [0.1, 0.15) is 22.5 Å². The van der Waals surface area contributed by atoms with E-state index < -0.39 is 42.4 Å². The minimum Gasteiger partial charge on any atom is -0.372 e. The van der Waals surface area contributed by atoms with E-state index in [4.69, 9.17) is 21.4 Å². The van der Waals surface area contributed by atoms with Gasteiger partial charge in [0.05, 0.1) is 51.6 Å². The summed E-state index contributed by atoms with van der Waals surface area (Å²) in [5.74, 6) is -1.81. The van der Waals surface area contributed by atoms with Crippen LogP contribution in [0.1, 0.15) is 69.1 Å². The number of carbonyl (C=O) groups excluding carboxylic acids is 2. The number of anilines is 3. The molecule has 2 heterocycles. The molecule has 0 unspecified atom stereocenters. The van der Waals surface area contributed by atoms with Crippen molar-refractivity contribution >= 4 is 84.3 Å². The number of nitriles is 1. The zero-order valence-electron chi connectivity index (χ0n) is 31.5. The van der Waals surface area contributed by atoms with Crippen molar-refractivity contribution in [3.63, 3.8) is 0 Å². The molecule has 2 aromatic heterocycles. The van der Waals surface area contributed by atoms with Gasteiger partial charge >= 0.3 is 0 Å². The Bertz CT molecular complexity index is 2480. The third-order valence-corrected chi connectivity index (χ3v) is 10.4. The van der Waals surface area contributed by atoms with Gasteiger partial charge in [0.25, 0.3) is 26.1 Å². The Kier molecular flexibility index (Phi) is 15.1. The van der Waals surface area contributed by atoms with Crippen molar-refractivity contribution < 1.29 is 50.2 Å². The number of hydrogen-bond donors (Lipinski definition) is 5. The maximum atomic E-state index is 13.6. The molecule has 0 aliphatic heterocycles. The van der Waals surface area contributed by atoms with Crippen LogP contribution >= 0.6 is 23.6 Å². The molecule has 20 nitrogen and oxygen atoms in total. The summed E-state index contributed by atoms with van der Waals surface area (Å²) in [7, 11) is -8.92. The number of azo groups is 1. The summed E-state index contributed by atoms with van der Waals surface area (Å²) in [5.41, 5.74) is 0.384. The molecule has 0 saturated heterocycles. The number of unbranched alkanes of at least 4 members (excludes halogenated alkanes) is 1. The molecule has 4 aromatic rings. The summed E-state index contributed by atoms with van der Waals surface area (Å²) >= 11 is 6.67. The first-order valence-corrected chi connectivity index (χ1v) is 21.1. The first kappa shape index (κ1) is 45.7. The van der Waals surface area contributed by atoms with Crippen molar-refractivity contribution in [2.24, 2.45) is 10.2 Å². The highest BCUT2D eigenvalue weighted by atomic mass is 35.5. The number of nitrogens with one attached hydrogen (secondary N) is 2. The topological polar surface area (TPSA) is 288 Å². The Labute approximate surface area is 342 Å². The molecule has 24 heteroatoms. The Morgan fingerprint density at radius 1 is 1.05 bits per heavy atom. The summed E-state index contributed by atoms with van der Waals surface area (Å²) in [6.07, 6.45) is 1.87. The molecule has 0 aliphatic carbocycles. The lowest BCUT2D eigenvalue weighted by Gasteiger charge is -2.24. The summed E-state index contributed by atoms with van der Waals surface area (Å²) in [5, 5.41) is 41.3. The van der Waals surface area contributed by atoms with Gasteiger partial charge in [-0.15, -0.1) is 14.6 Å². The molecule has 0 bridgehead atoms. The predicted octanol–water partition coefficient (Wildman–Crippen LogP) is 6.89.